The van der Waals surface area contributed by atoms with E-state index in [1.54, 1.807) is 37.3 Å². The standard InChI is InChI=1S/C29H26N6O5/c1-15-20(26(37)30-24-22(15)28(39)34(32-24)17-7-4-3-5-8-17)9-6-10-21-16(2)23-25(31-27(21)38)33-35(29(23)40)18-11-13-19(36)14-12-18/h3-15,20,22,26,36-37H,1-2H3,(H,30,32)(H,31,33,38)/b9-6+,21-10-. The van der Waals surface area contributed by atoms with Gasteiger partial charge >= 0.3 is 0 Å². The zero-order valence-corrected chi connectivity index (χ0v) is 21.6. The number of anilines is 2. The van der Waals surface area contributed by atoms with Gasteiger partial charge in [-0.3, -0.25) is 19.8 Å². The maximum Gasteiger partial charge on any atom is 0.282 e. The molecule has 4 atom stereocenters. The maximum atomic E-state index is 13.2. The number of hydrogen-bond donors (Lipinski definition) is 4. The number of carbonyl (C=O) groups is 2. The summed E-state index contributed by atoms with van der Waals surface area (Å²) >= 11 is 0. The van der Waals surface area contributed by atoms with Crippen molar-refractivity contribution in [2.75, 3.05) is 10.0 Å². The summed E-state index contributed by atoms with van der Waals surface area (Å²) in [6, 6.07) is 15.2. The number of nitrogens with zero attached hydrogens (tertiary/aromatic N) is 4. The zero-order chi connectivity index (χ0) is 28.1. The highest BCUT2D eigenvalue weighted by atomic mass is 16.3. The lowest BCUT2D eigenvalue weighted by Crippen LogP contribution is -2.41. The van der Waals surface area contributed by atoms with Gasteiger partial charge in [-0.15, -0.1) is 5.10 Å². The zero-order valence-electron chi connectivity index (χ0n) is 21.6. The average molecular weight is 539 g/mol. The first kappa shape index (κ1) is 25.3. The molecule has 2 aromatic carbocycles. The molecule has 3 aliphatic rings. The van der Waals surface area contributed by atoms with Crippen molar-refractivity contribution in [2.45, 2.75) is 20.1 Å². The molecular weight excluding hydrogens is 512 g/mol. The number of aliphatic hydroxyl groups is 1. The molecule has 40 heavy (non-hydrogen) atoms. The van der Waals surface area contributed by atoms with Crippen LogP contribution in [0.3, 0.4) is 0 Å². The average Bonchev–Trinajstić information content (AvgIpc) is 3.44. The number of rotatable bonds is 4. The van der Waals surface area contributed by atoms with Gasteiger partial charge in [-0.05, 0) is 60.9 Å². The smallest absolute Gasteiger partial charge is 0.282 e. The SMILES string of the molecule is Cc1c2c([nH]c(=O)/c1=C\C=C\C1C(O)N=C3NN(c4ccccc4)C(=O)C3C1C)=NN(c1ccc(O)cc1)C2=O. The Labute approximate surface area is 228 Å². The van der Waals surface area contributed by atoms with E-state index >= 15 is 0 Å². The normalized spacial score (nSPS) is 24.2. The second kappa shape index (κ2) is 9.62. The van der Waals surface area contributed by atoms with Crippen LogP contribution in [0.1, 0.15) is 22.8 Å². The van der Waals surface area contributed by atoms with Crippen molar-refractivity contribution in [1.29, 1.82) is 0 Å². The summed E-state index contributed by atoms with van der Waals surface area (Å²) in [6.07, 6.45) is 3.87. The quantitative estimate of drug-likeness (QED) is 0.390. The van der Waals surface area contributed by atoms with Gasteiger partial charge in [0.1, 0.15) is 17.5 Å². The number of para-hydroxylation sites is 1. The van der Waals surface area contributed by atoms with E-state index in [-0.39, 0.29) is 33.8 Å². The molecule has 202 valence electrons. The highest BCUT2D eigenvalue weighted by Crippen LogP contribution is 2.36. The van der Waals surface area contributed by atoms with E-state index in [9.17, 15) is 24.6 Å². The second-order valence-corrected chi connectivity index (χ2v) is 9.96. The first-order valence-corrected chi connectivity index (χ1v) is 12.8. The third-order valence-corrected chi connectivity index (χ3v) is 7.56. The van der Waals surface area contributed by atoms with Gasteiger partial charge in [0.25, 0.3) is 17.4 Å². The van der Waals surface area contributed by atoms with E-state index in [1.165, 1.54) is 22.2 Å². The molecule has 4 heterocycles. The molecule has 2 amide bonds. The molecule has 4 unspecified atom stereocenters. The van der Waals surface area contributed by atoms with E-state index < -0.39 is 29.5 Å². The van der Waals surface area contributed by atoms with Gasteiger partial charge in [-0.25, -0.2) is 10.0 Å². The number of amidine groups is 1. The van der Waals surface area contributed by atoms with Crippen LogP contribution in [0.2, 0.25) is 0 Å². The van der Waals surface area contributed by atoms with Crippen LogP contribution < -0.4 is 31.7 Å². The number of phenols is 1. The maximum absolute atomic E-state index is 13.2. The van der Waals surface area contributed by atoms with Gasteiger partial charge in [-0.1, -0.05) is 37.3 Å². The number of nitrogens with one attached hydrogen (secondary N) is 2. The Morgan fingerprint density at radius 3 is 2.45 bits per heavy atom. The van der Waals surface area contributed by atoms with E-state index in [2.05, 4.69) is 20.5 Å². The Balaban J connectivity index is 1.27. The van der Waals surface area contributed by atoms with Crippen molar-refractivity contribution < 1.29 is 19.8 Å². The summed E-state index contributed by atoms with van der Waals surface area (Å²) in [4.78, 5) is 46.3. The summed E-state index contributed by atoms with van der Waals surface area (Å²) < 4.78 is 0. The van der Waals surface area contributed by atoms with Crippen LogP contribution in [0.25, 0.3) is 6.08 Å². The monoisotopic (exact) mass is 538 g/mol. The molecule has 11 nitrogen and oxygen atoms in total. The van der Waals surface area contributed by atoms with Crippen LogP contribution in [0.4, 0.5) is 11.4 Å². The lowest BCUT2D eigenvalue weighted by molar-refractivity contribution is -0.121. The lowest BCUT2D eigenvalue weighted by atomic mass is 9.78. The van der Waals surface area contributed by atoms with Crippen molar-refractivity contribution in [1.82, 2.24) is 10.4 Å². The fourth-order valence-corrected chi connectivity index (χ4v) is 5.40. The number of aromatic amines is 1. The third-order valence-electron chi connectivity index (χ3n) is 7.56. The Morgan fingerprint density at radius 2 is 1.73 bits per heavy atom. The number of hydrogen-bond acceptors (Lipinski definition) is 8. The second-order valence-electron chi connectivity index (χ2n) is 9.96. The van der Waals surface area contributed by atoms with E-state index in [0.717, 1.165) is 0 Å². The van der Waals surface area contributed by atoms with Crippen molar-refractivity contribution in [3.8, 4) is 5.75 Å². The molecule has 0 spiro atoms. The van der Waals surface area contributed by atoms with Crippen LogP contribution in [-0.2, 0) is 4.79 Å². The molecule has 1 fully saturated rings. The van der Waals surface area contributed by atoms with Gasteiger partial charge in [0.2, 0.25) is 0 Å². The van der Waals surface area contributed by atoms with Gasteiger partial charge in [0, 0.05) is 11.1 Å². The van der Waals surface area contributed by atoms with Crippen LogP contribution in [0, 0.1) is 24.7 Å². The number of amides is 2. The number of allylic oxidation sites excluding steroid dienone is 1. The van der Waals surface area contributed by atoms with Crippen LogP contribution in [0.15, 0.2) is 81.6 Å². The number of phenolic OH excluding ortho intramolecular Hbond substituents is 1. The van der Waals surface area contributed by atoms with Crippen LogP contribution >= 0.6 is 0 Å². The number of aromatic nitrogens is 1. The first-order chi connectivity index (χ1) is 19.2. The van der Waals surface area contributed by atoms with Gasteiger partial charge in [-0.2, -0.15) is 5.01 Å². The highest BCUT2D eigenvalue weighted by molar-refractivity contribution is 6.16. The summed E-state index contributed by atoms with van der Waals surface area (Å²) in [5.41, 5.74) is 4.64. The number of aromatic hydroxyl groups is 1. The Hall–Kier alpha value is -5.03. The van der Waals surface area contributed by atoms with Crippen molar-refractivity contribution in [3.63, 3.8) is 0 Å². The predicted molar refractivity (Wildman–Crippen MR) is 148 cm³/mol. The van der Waals surface area contributed by atoms with Crippen LogP contribution in [0.5, 0.6) is 5.75 Å². The molecule has 11 heteroatoms. The molecular formula is C29H26N6O5. The molecule has 3 aliphatic heterocycles. The van der Waals surface area contributed by atoms with Crippen LogP contribution in [-0.4, -0.2) is 39.1 Å². The number of aliphatic imine (C=N–C) groups is 1. The van der Waals surface area contributed by atoms with Crippen molar-refractivity contribution in [2.24, 2.45) is 27.8 Å². The Bertz CT molecular complexity index is 1760. The van der Waals surface area contributed by atoms with E-state index in [1.807, 2.05) is 37.3 Å². The van der Waals surface area contributed by atoms with Crippen molar-refractivity contribution >= 4 is 35.1 Å². The molecule has 3 aromatic rings. The Kier molecular flexibility index (Phi) is 6.07. The number of fused-ring (bicyclic) bond motifs is 2. The van der Waals surface area contributed by atoms with Gasteiger partial charge < -0.3 is 15.2 Å². The molecule has 0 aliphatic carbocycles. The van der Waals surface area contributed by atoms with E-state index in [0.29, 0.717) is 22.8 Å². The van der Waals surface area contributed by atoms with Gasteiger partial charge in [0.05, 0.1) is 16.9 Å². The molecule has 0 radical (unpaired) electrons. The summed E-state index contributed by atoms with van der Waals surface area (Å²) in [5, 5.41) is 27.5. The molecule has 6 rings (SSSR count). The molecule has 1 saturated heterocycles. The fraction of sp³-hybridized carbons (Fsp3) is 0.207. The fourth-order valence-electron chi connectivity index (χ4n) is 5.40. The number of aliphatic hydroxyl groups excluding tert-OH is 1. The topological polar surface area (TPSA) is 151 Å². The minimum absolute atomic E-state index is 0.0579. The minimum atomic E-state index is -1.08. The number of carbonyl (C=O) groups excluding carboxylic acids is 2. The largest absolute Gasteiger partial charge is 0.508 e. The summed E-state index contributed by atoms with van der Waals surface area (Å²) in [7, 11) is 0. The lowest BCUT2D eigenvalue weighted by Gasteiger charge is -2.31. The number of benzene rings is 2. The first-order valence-electron chi connectivity index (χ1n) is 12.8. The number of H-pyrrole nitrogens is 1. The molecule has 0 saturated carbocycles. The summed E-state index contributed by atoms with van der Waals surface area (Å²) in [6.45, 7) is 3.56. The molecule has 4 N–H and O–H groups in total. The number of pyridine rings is 1. The Morgan fingerprint density at radius 1 is 1.00 bits per heavy atom. The summed E-state index contributed by atoms with van der Waals surface area (Å²) in [5.74, 6) is -1.38. The third kappa shape index (κ3) is 4.07. The van der Waals surface area contributed by atoms with Gasteiger partial charge in [0.15, 0.2) is 11.7 Å². The predicted octanol–water partition coefficient (Wildman–Crippen LogP) is 1.07. The molecule has 0 bridgehead atoms. The highest BCUT2D eigenvalue weighted by Gasteiger charge is 2.48. The number of hydrazine groups is 1. The van der Waals surface area contributed by atoms with E-state index in [4.69, 9.17) is 0 Å². The van der Waals surface area contributed by atoms with Crippen molar-refractivity contribution in [3.05, 3.63) is 98.9 Å². The minimum Gasteiger partial charge on any atom is -0.508 e. The molecule has 1 aromatic heterocycles.